The van der Waals surface area contributed by atoms with E-state index in [1.165, 1.54) is 6.92 Å². The van der Waals surface area contributed by atoms with E-state index in [1.54, 1.807) is 26.0 Å². The summed E-state index contributed by atoms with van der Waals surface area (Å²) in [4.78, 5) is 65.2. The van der Waals surface area contributed by atoms with E-state index in [9.17, 15) is 24.0 Å². The van der Waals surface area contributed by atoms with Crippen LogP contribution in [-0.2, 0) is 25.7 Å². The van der Waals surface area contributed by atoms with Gasteiger partial charge in [-0.05, 0) is 40.7 Å². The number of hydrogen-bond acceptors (Lipinski definition) is 5. The van der Waals surface area contributed by atoms with Crippen LogP contribution in [0.15, 0.2) is 72.8 Å². The largest absolute Gasteiger partial charge is 0.345 e. The molecule has 0 aliphatic heterocycles. The number of amides is 4. The highest BCUT2D eigenvalue weighted by Crippen LogP contribution is 2.23. The van der Waals surface area contributed by atoms with E-state index in [-0.39, 0.29) is 12.5 Å². The zero-order valence-electron chi connectivity index (χ0n) is 25.0. The van der Waals surface area contributed by atoms with Crippen LogP contribution < -0.4 is 21.3 Å². The normalized spacial score (nSPS) is 13.5. The Kier molecular flexibility index (Phi) is 10.6. The molecular formula is C33H40N4O5. The number of Topliss-reactive ketones (excluding diaryl/α,β-unsaturated/α-hetero) is 1. The van der Waals surface area contributed by atoms with Crippen LogP contribution in [0.4, 0.5) is 0 Å². The van der Waals surface area contributed by atoms with Crippen LogP contribution >= 0.6 is 0 Å². The number of hydrogen-bond donors (Lipinski definition) is 4. The van der Waals surface area contributed by atoms with Crippen LogP contribution in [0.25, 0.3) is 10.8 Å². The van der Waals surface area contributed by atoms with Crippen molar-refractivity contribution in [2.75, 3.05) is 0 Å². The zero-order chi connectivity index (χ0) is 31.0. The fraction of sp³-hybridized carbons (Fsp3) is 0.364. The summed E-state index contributed by atoms with van der Waals surface area (Å²) in [5.74, 6) is -3.55. The Morgan fingerprint density at radius 2 is 1.33 bits per heavy atom. The Bertz CT molecular complexity index is 1440. The molecule has 0 fully saturated rings. The lowest BCUT2D eigenvalue weighted by atomic mass is 9.85. The molecule has 0 aliphatic carbocycles. The van der Waals surface area contributed by atoms with Gasteiger partial charge in [-0.2, -0.15) is 0 Å². The fourth-order valence-electron chi connectivity index (χ4n) is 4.49. The second kappa shape index (κ2) is 13.9. The SMILES string of the molecule is CC(NC(=O)[C@@H](NC(=O)c1cccc2ccccc12)C(C)(C)C)C(=O)N[C@H](C(=O)C(=O)NCc1ccccc1)C(C)C. The highest BCUT2D eigenvalue weighted by Gasteiger charge is 2.36. The first-order chi connectivity index (χ1) is 19.8. The van der Waals surface area contributed by atoms with Crippen LogP contribution in [0.3, 0.4) is 0 Å². The summed E-state index contributed by atoms with van der Waals surface area (Å²) in [6, 6.07) is 18.9. The number of ketones is 1. The van der Waals surface area contributed by atoms with Crippen molar-refractivity contribution in [2.24, 2.45) is 11.3 Å². The molecule has 0 saturated heterocycles. The molecule has 4 N–H and O–H groups in total. The van der Waals surface area contributed by atoms with E-state index < -0.39 is 53.0 Å². The maximum Gasteiger partial charge on any atom is 0.289 e. The van der Waals surface area contributed by atoms with Gasteiger partial charge in [0.25, 0.3) is 11.8 Å². The Balaban J connectivity index is 1.66. The van der Waals surface area contributed by atoms with Crippen molar-refractivity contribution in [3.05, 3.63) is 83.9 Å². The molecule has 4 amide bonds. The maximum absolute atomic E-state index is 13.4. The van der Waals surface area contributed by atoms with Crippen LogP contribution in [0, 0.1) is 11.3 Å². The first-order valence-corrected chi connectivity index (χ1v) is 14.0. The third kappa shape index (κ3) is 8.25. The summed E-state index contributed by atoms with van der Waals surface area (Å²) in [5.41, 5.74) is 0.583. The van der Waals surface area contributed by atoms with Crippen molar-refractivity contribution in [2.45, 2.75) is 66.2 Å². The Hall–Kier alpha value is -4.53. The predicted molar refractivity (Wildman–Crippen MR) is 162 cm³/mol. The minimum Gasteiger partial charge on any atom is -0.345 e. The quantitative estimate of drug-likeness (QED) is 0.261. The van der Waals surface area contributed by atoms with Crippen molar-refractivity contribution in [1.82, 2.24) is 21.3 Å². The fourth-order valence-corrected chi connectivity index (χ4v) is 4.49. The third-order valence-electron chi connectivity index (χ3n) is 6.96. The third-order valence-corrected chi connectivity index (χ3v) is 6.96. The first kappa shape index (κ1) is 32.0. The highest BCUT2D eigenvalue weighted by molar-refractivity contribution is 6.38. The number of nitrogens with one attached hydrogen (secondary N) is 4. The number of carbonyl (C=O) groups is 5. The van der Waals surface area contributed by atoms with Gasteiger partial charge in [0.15, 0.2) is 0 Å². The maximum atomic E-state index is 13.4. The molecule has 3 atom stereocenters. The van der Waals surface area contributed by atoms with Crippen LogP contribution in [0.1, 0.15) is 57.5 Å². The van der Waals surface area contributed by atoms with Crippen molar-refractivity contribution >= 4 is 40.2 Å². The van der Waals surface area contributed by atoms with Gasteiger partial charge >= 0.3 is 0 Å². The van der Waals surface area contributed by atoms with Crippen molar-refractivity contribution in [1.29, 1.82) is 0 Å². The van der Waals surface area contributed by atoms with Gasteiger partial charge < -0.3 is 21.3 Å². The second-order valence-corrected chi connectivity index (χ2v) is 11.8. The van der Waals surface area contributed by atoms with E-state index in [4.69, 9.17) is 0 Å². The number of carbonyl (C=O) groups excluding carboxylic acids is 5. The van der Waals surface area contributed by atoms with Gasteiger partial charge in [-0.15, -0.1) is 0 Å². The van der Waals surface area contributed by atoms with Crippen LogP contribution in [0.5, 0.6) is 0 Å². The van der Waals surface area contributed by atoms with Crippen LogP contribution in [-0.4, -0.2) is 47.5 Å². The number of rotatable bonds is 11. The lowest BCUT2D eigenvalue weighted by molar-refractivity contribution is -0.141. The van der Waals surface area contributed by atoms with E-state index in [2.05, 4.69) is 21.3 Å². The van der Waals surface area contributed by atoms with E-state index in [0.717, 1.165) is 16.3 Å². The van der Waals surface area contributed by atoms with Gasteiger partial charge in [0.05, 0.1) is 6.04 Å². The summed E-state index contributed by atoms with van der Waals surface area (Å²) in [5, 5.41) is 12.4. The lowest BCUT2D eigenvalue weighted by Crippen LogP contribution is -2.59. The molecule has 0 aliphatic rings. The Morgan fingerprint density at radius 1 is 0.714 bits per heavy atom. The first-order valence-electron chi connectivity index (χ1n) is 14.0. The Labute approximate surface area is 246 Å². The van der Waals surface area contributed by atoms with E-state index >= 15 is 0 Å². The predicted octanol–water partition coefficient (Wildman–Crippen LogP) is 3.52. The Morgan fingerprint density at radius 3 is 1.98 bits per heavy atom. The minimum absolute atomic E-state index is 0.176. The molecule has 3 aromatic carbocycles. The number of fused-ring (bicyclic) bond motifs is 1. The number of benzene rings is 3. The molecule has 3 rings (SSSR count). The van der Waals surface area contributed by atoms with Crippen LogP contribution in [0.2, 0.25) is 0 Å². The molecule has 0 bridgehead atoms. The zero-order valence-corrected chi connectivity index (χ0v) is 25.0. The summed E-state index contributed by atoms with van der Waals surface area (Å²) in [6.07, 6.45) is 0. The average Bonchev–Trinajstić information content (AvgIpc) is 2.96. The van der Waals surface area contributed by atoms with Gasteiger partial charge in [-0.3, -0.25) is 24.0 Å². The molecule has 1 unspecified atom stereocenters. The monoisotopic (exact) mass is 572 g/mol. The summed E-state index contributed by atoms with van der Waals surface area (Å²) < 4.78 is 0. The summed E-state index contributed by atoms with van der Waals surface area (Å²) >= 11 is 0. The van der Waals surface area contributed by atoms with E-state index in [0.29, 0.717) is 5.56 Å². The second-order valence-electron chi connectivity index (χ2n) is 11.8. The van der Waals surface area contributed by atoms with Gasteiger partial charge in [0.1, 0.15) is 12.1 Å². The molecule has 0 aromatic heterocycles. The van der Waals surface area contributed by atoms with Gasteiger partial charge in [0, 0.05) is 12.1 Å². The summed E-state index contributed by atoms with van der Waals surface area (Å²) in [6.45, 7) is 10.5. The standard InChI is InChI=1S/C33H40N4O5/c1-20(2)26(27(38)31(41)34-19-22-13-8-7-9-14-22)36-29(39)21(3)35-32(42)28(33(4,5)6)37-30(40)25-18-12-16-23-15-10-11-17-24(23)25/h7-18,20-21,26,28H,19H2,1-6H3,(H,34,41)(H,35,42)(H,36,39)(H,37,40)/t21?,26-,28+/m0/s1. The molecule has 3 aromatic rings. The molecule has 0 spiro atoms. The summed E-state index contributed by atoms with van der Waals surface area (Å²) in [7, 11) is 0. The van der Waals surface area contributed by atoms with Gasteiger partial charge in [-0.25, -0.2) is 0 Å². The average molecular weight is 573 g/mol. The molecule has 42 heavy (non-hydrogen) atoms. The molecule has 9 heteroatoms. The van der Waals surface area contributed by atoms with E-state index in [1.807, 2.05) is 81.4 Å². The molecular weight excluding hydrogens is 532 g/mol. The van der Waals surface area contributed by atoms with Crippen molar-refractivity contribution in [3.8, 4) is 0 Å². The highest BCUT2D eigenvalue weighted by atomic mass is 16.2. The van der Waals surface area contributed by atoms with Crippen molar-refractivity contribution in [3.63, 3.8) is 0 Å². The van der Waals surface area contributed by atoms with Crippen molar-refractivity contribution < 1.29 is 24.0 Å². The molecule has 0 radical (unpaired) electrons. The topological polar surface area (TPSA) is 133 Å². The molecule has 9 nitrogen and oxygen atoms in total. The molecule has 0 saturated carbocycles. The minimum atomic E-state index is -1.09. The molecule has 0 heterocycles. The lowest BCUT2D eigenvalue weighted by Gasteiger charge is -2.31. The van der Waals surface area contributed by atoms with Gasteiger partial charge in [0.2, 0.25) is 17.6 Å². The van der Waals surface area contributed by atoms with Gasteiger partial charge in [-0.1, -0.05) is 101 Å². The smallest absolute Gasteiger partial charge is 0.289 e. The molecule has 222 valence electrons.